The van der Waals surface area contributed by atoms with Crippen LogP contribution in [0.4, 0.5) is 0 Å². The number of rotatable bonds is 1. The number of halogens is 2. The monoisotopic (exact) mass is 336 g/mol. The van der Waals surface area contributed by atoms with Gasteiger partial charge >= 0.3 is 5.69 Å². The highest BCUT2D eigenvalue weighted by atomic mass is 127. The van der Waals surface area contributed by atoms with Crippen LogP contribution in [0.3, 0.4) is 0 Å². The average molecular weight is 337 g/mol. The van der Waals surface area contributed by atoms with Gasteiger partial charge in [-0.25, -0.2) is 4.79 Å². The second-order valence-corrected chi connectivity index (χ2v) is 4.36. The molecule has 78 valence electrons. The van der Waals surface area contributed by atoms with Crippen LogP contribution in [0.15, 0.2) is 23.0 Å². The predicted octanol–water partition coefficient (Wildman–Crippen LogP) is 1.22. The normalized spacial score (nSPS) is 10.6. The van der Waals surface area contributed by atoms with Crippen LogP contribution in [0, 0.1) is 3.57 Å². The Morgan fingerprint density at radius 2 is 2.13 bits per heavy atom. The molecule has 0 bridgehead atoms. The zero-order valence-electron chi connectivity index (χ0n) is 7.69. The lowest BCUT2D eigenvalue weighted by Gasteiger charge is -2.02. The van der Waals surface area contributed by atoms with Crippen LogP contribution in [0.5, 0.6) is 0 Å². The van der Waals surface area contributed by atoms with E-state index in [1.54, 1.807) is 25.2 Å². The van der Waals surface area contributed by atoms with E-state index in [0.29, 0.717) is 10.7 Å². The Morgan fingerprint density at radius 1 is 1.40 bits per heavy atom. The van der Waals surface area contributed by atoms with Gasteiger partial charge in [-0.2, -0.15) is 9.36 Å². The van der Waals surface area contributed by atoms with Crippen molar-refractivity contribution in [1.82, 2.24) is 19.8 Å². The summed E-state index contributed by atoms with van der Waals surface area (Å²) in [5.41, 5.74) is 0.344. The van der Waals surface area contributed by atoms with Crippen LogP contribution in [0.1, 0.15) is 0 Å². The maximum atomic E-state index is 11.6. The zero-order valence-corrected chi connectivity index (χ0v) is 10.6. The molecule has 0 unspecified atom stereocenters. The molecule has 15 heavy (non-hydrogen) atoms. The zero-order chi connectivity index (χ0) is 11.0. The van der Waals surface area contributed by atoms with Gasteiger partial charge in [0.25, 0.3) is 0 Å². The van der Waals surface area contributed by atoms with E-state index < -0.39 is 0 Å². The first-order valence-electron chi connectivity index (χ1n) is 4.04. The number of aryl methyl sites for hydroxylation is 1. The quantitative estimate of drug-likeness (QED) is 0.736. The van der Waals surface area contributed by atoms with E-state index in [2.05, 4.69) is 33.0 Å². The van der Waals surface area contributed by atoms with Gasteiger partial charge in [-0.3, -0.25) is 0 Å². The third kappa shape index (κ3) is 1.78. The summed E-state index contributed by atoms with van der Waals surface area (Å²) in [4.78, 5) is 11.6. The van der Waals surface area contributed by atoms with Crippen molar-refractivity contribution < 1.29 is 0 Å². The molecule has 0 aliphatic carbocycles. The molecule has 1 aromatic carbocycles. The average Bonchev–Trinajstić information content (AvgIpc) is 2.53. The first-order valence-corrected chi connectivity index (χ1v) is 5.50. The van der Waals surface area contributed by atoms with Crippen molar-refractivity contribution in [3.8, 4) is 5.69 Å². The van der Waals surface area contributed by atoms with Gasteiger partial charge in [0.2, 0.25) is 0 Å². The lowest BCUT2D eigenvalue weighted by Crippen LogP contribution is -2.22. The van der Waals surface area contributed by atoms with Gasteiger partial charge in [0.1, 0.15) is 0 Å². The molecule has 2 rings (SSSR count). The molecule has 0 amide bonds. The summed E-state index contributed by atoms with van der Waals surface area (Å²) >= 11 is 8.01. The van der Waals surface area contributed by atoms with Crippen LogP contribution < -0.4 is 5.69 Å². The Kier molecular flexibility index (Phi) is 2.79. The summed E-state index contributed by atoms with van der Waals surface area (Å²) in [7, 11) is 1.54. The molecular formula is C8H6ClIN4O. The smallest absolute Gasteiger partial charge is 0.244 e. The van der Waals surface area contributed by atoms with Crippen molar-refractivity contribution in [2.75, 3.05) is 0 Å². The van der Waals surface area contributed by atoms with E-state index in [1.807, 2.05) is 0 Å². The minimum Gasteiger partial charge on any atom is -0.244 e. The minimum atomic E-state index is -0.296. The summed E-state index contributed by atoms with van der Waals surface area (Å²) < 4.78 is 3.16. The fraction of sp³-hybridized carbons (Fsp3) is 0.125. The topological polar surface area (TPSA) is 52.7 Å². The van der Waals surface area contributed by atoms with Crippen LogP contribution in [-0.2, 0) is 7.05 Å². The summed E-state index contributed by atoms with van der Waals surface area (Å²) in [6.07, 6.45) is 0. The van der Waals surface area contributed by atoms with Crippen molar-refractivity contribution in [2.24, 2.45) is 7.05 Å². The summed E-state index contributed by atoms with van der Waals surface area (Å²) in [6.45, 7) is 0. The Bertz CT molecular complexity index is 562. The lowest BCUT2D eigenvalue weighted by molar-refractivity contribution is 0.693. The predicted molar refractivity (Wildman–Crippen MR) is 64.3 cm³/mol. The number of nitrogens with zero attached hydrogens (tertiary/aromatic N) is 4. The Hall–Kier alpha value is -0.890. The largest absolute Gasteiger partial charge is 0.368 e. The summed E-state index contributed by atoms with van der Waals surface area (Å²) in [6, 6.07) is 5.29. The molecule has 7 heteroatoms. The fourth-order valence-electron chi connectivity index (χ4n) is 1.12. The second kappa shape index (κ2) is 3.93. The highest BCUT2D eigenvalue weighted by Gasteiger charge is 2.10. The molecule has 0 fully saturated rings. The Balaban J connectivity index is 2.70. The van der Waals surface area contributed by atoms with E-state index in [9.17, 15) is 4.79 Å². The van der Waals surface area contributed by atoms with Gasteiger partial charge in [0, 0.05) is 7.05 Å². The summed E-state index contributed by atoms with van der Waals surface area (Å²) in [5, 5.41) is 7.96. The van der Waals surface area contributed by atoms with E-state index in [-0.39, 0.29) is 5.69 Å². The van der Waals surface area contributed by atoms with Gasteiger partial charge in [-0.15, -0.1) is 0 Å². The molecular weight excluding hydrogens is 330 g/mol. The van der Waals surface area contributed by atoms with Gasteiger partial charge in [-0.05, 0) is 45.2 Å². The van der Waals surface area contributed by atoms with E-state index in [1.165, 1.54) is 4.68 Å². The Morgan fingerprint density at radius 3 is 2.73 bits per heavy atom. The molecule has 0 aliphatic rings. The second-order valence-electron chi connectivity index (χ2n) is 2.87. The maximum absolute atomic E-state index is 11.6. The van der Waals surface area contributed by atoms with E-state index in [4.69, 9.17) is 11.6 Å². The number of hydrogen-bond acceptors (Lipinski definition) is 3. The van der Waals surface area contributed by atoms with Gasteiger partial charge < -0.3 is 0 Å². The molecule has 5 nitrogen and oxygen atoms in total. The Labute approximate surface area is 104 Å². The molecule has 0 atom stereocenters. The van der Waals surface area contributed by atoms with Gasteiger partial charge in [0.05, 0.1) is 14.3 Å². The first-order chi connectivity index (χ1) is 7.11. The molecule has 0 aliphatic heterocycles. The van der Waals surface area contributed by atoms with Crippen LogP contribution >= 0.6 is 34.2 Å². The maximum Gasteiger partial charge on any atom is 0.368 e. The number of hydrogen-bond donors (Lipinski definition) is 0. The highest BCUT2D eigenvalue weighted by Crippen LogP contribution is 2.23. The molecule has 0 N–H and O–H groups in total. The molecule has 0 radical (unpaired) electrons. The third-order valence-electron chi connectivity index (χ3n) is 1.88. The number of aromatic nitrogens is 4. The SMILES string of the molecule is Cn1nnn(-c2cccc(Cl)c2I)c1=O. The number of benzene rings is 1. The standard InChI is InChI=1S/C8H6ClIN4O/c1-13-8(15)14(12-11-13)6-4-2-3-5(9)7(6)10/h2-4H,1H3. The van der Waals surface area contributed by atoms with Crippen molar-refractivity contribution in [1.29, 1.82) is 0 Å². The highest BCUT2D eigenvalue weighted by molar-refractivity contribution is 14.1. The summed E-state index contributed by atoms with van der Waals surface area (Å²) in [5.74, 6) is 0. The van der Waals surface area contributed by atoms with E-state index in [0.717, 1.165) is 8.25 Å². The minimum absolute atomic E-state index is 0.296. The molecule has 0 saturated heterocycles. The lowest BCUT2D eigenvalue weighted by atomic mass is 10.3. The molecule has 0 spiro atoms. The van der Waals surface area contributed by atoms with Crippen molar-refractivity contribution >= 4 is 34.2 Å². The van der Waals surface area contributed by atoms with Crippen LogP contribution in [0.25, 0.3) is 5.69 Å². The first kappa shape index (κ1) is 10.6. The van der Waals surface area contributed by atoms with Crippen LogP contribution in [0.2, 0.25) is 5.02 Å². The molecule has 2 aromatic rings. The van der Waals surface area contributed by atoms with Crippen molar-refractivity contribution in [3.63, 3.8) is 0 Å². The molecule has 0 saturated carbocycles. The van der Waals surface area contributed by atoms with Gasteiger partial charge in [0.15, 0.2) is 0 Å². The van der Waals surface area contributed by atoms with Crippen molar-refractivity contribution in [3.05, 3.63) is 37.3 Å². The number of tetrazole rings is 1. The van der Waals surface area contributed by atoms with Gasteiger partial charge in [-0.1, -0.05) is 17.7 Å². The van der Waals surface area contributed by atoms with E-state index >= 15 is 0 Å². The molecule has 1 aromatic heterocycles. The van der Waals surface area contributed by atoms with Crippen LogP contribution in [-0.4, -0.2) is 19.8 Å². The van der Waals surface area contributed by atoms with Crippen molar-refractivity contribution in [2.45, 2.75) is 0 Å². The molecule has 1 heterocycles. The fourth-order valence-corrected chi connectivity index (χ4v) is 1.88. The third-order valence-corrected chi connectivity index (χ3v) is 3.65.